The number of carbonyl (C=O) groups is 1. The van der Waals surface area contributed by atoms with Crippen LogP contribution >= 0.6 is 0 Å². The van der Waals surface area contributed by atoms with Gasteiger partial charge in [0.1, 0.15) is 5.65 Å². The highest BCUT2D eigenvalue weighted by Crippen LogP contribution is 2.32. The number of benzene rings is 1. The zero-order valence-electron chi connectivity index (χ0n) is 16.0. The second-order valence-electron chi connectivity index (χ2n) is 6.81. The molecule has 3 rings (SSSR count). The number of halogens is 3. The van der Waals surface area contributed by atoms with E-state index in [2.05, 4.69) is 4.98 Å². The summed E-state index contributed by atoms with van der Waals surface area (Å²) in [5.41, 5.74) is 2.17. The van der Waals surface area contributed by atoms with E-state index in [9.17, 15) is 18.0 Å². The molecule has 0 saturated carbocycles. The Morgan fingerprint density at radius 3 is 2.64 bits per heavy atom. The van der Waals surface area contributed by atoms with Crippen molar-refractivity contribution in [1.29, 1.82) is 0 Å². The Bertz CT molecular complexity index is 994. The molecule has 148 valence electrons. The Balaban J connectivity index is 1.81. The average Bonchev–Trinajstić information content (AvgIpc) is 3.05. The molecule has 0 radical (unpaired) electrons. The summed E-state index contributed by atoms with van der Waals surface area (Å²) in [7, 11) is 0. The fourth-order valence-corrected chi connectivity index (χ4v) is 3.37. The fraction of sp³-hybridized carbons (Fsp3) is 0.333. The molecule has 0 aliphatic carbocycles. The summed E-state index contributed by atoms with van der Waals surface area (Å²) in [4.78, 5) is 18.9. The molecule has 0 aliphatic heterocycles. The number of alkyl halides is 3. The molecule has 0 fully saturated rings. The zero-order chi connectivity index (χ0) is 20.5. The molecular weight excluding hydrogens is 367 g/mol. The molecule has 28 heavy (non-hydrogen) atoms. The van der Waals surface area contributed by atoms with Gasteiger partial charge in [-0.1, -0.05) is 18.2 Å². The summed E-state index contributed by atoms with van der Waals surface area (Å²) in [5.74, 6) is -0.173. The maximum absolute atomic E-state index is 13.0. The lowest BCUT2D eigenvalue weighted by Gasteiger charge is -2.28. The van der Waals surface area contributed by atoms with Gasteiger partial charge in [-0.2, -0.15) is 13.2 Å². The van der Waals surface area contributed by atoms with Crippen molar-refractivity contribution < 1.29 is 18.0 Å². The quantitative estimate of drug-likeness (QED) is 0.628. The maximum Gasteiger partial charge on any atom is 0.416 e. The lowest BCUT2D eigenvalue weighted by atomic mass is 10.0. The van der Waals surface area contributed by atoms with E-state index in [0.717, 1.165) is 23.3 Å². The Labute approximate surface area is 161 Å². The van der Waals surface area contributed by atoms with E-state index in [0.29, 0.717) is 17.8 Å². The molecule has 0 bridgehead atoms. The summed E-state index contributed by atoms with van der Waals surface area (Å²) in [6.45, 7) is 5.89. The van der Waals surface area contributed by atoms with Crippen LogP contribution in [0.1, 0.15) is 42.3 Å². The summed E-state index contributed by atoms with van der Waals surface area (Å²) < 4.78 is 40.9. The minimum Gasteiger partial charge on any atom is -0.336 e. The minimum absolute atomic E-state index is 0.0955. The van der Waals surface area contributed by atoms with E-state index in [1.165, 1.54) is 6.07 Å². The number of carbonyl (C=O) groups excluding carboxylic acids is 1. The van der Waals surface area contributed by atoms with Gasteiger partial charge in [0, 0.05) is 18.9 Å². The van der Waals surface area contributed by atoms with Crippen molar-refractivity contribution in [1.82, 2.24) is 14.3 Å². The second kappa shape index (κ2) is 7.66. The minimum atomic E-state index is -4.41. The normalized spacial score (nSPS) is 12.9. The van der Waals surface area contributed by atoms with E-state index in [4.69, 9.17) is 0 Å². The number of pyridine rings is 1. The highest BCUT2D eigenvalue weighted by molar-refractivity contribution is 5.79. The smallest absolute Gasteiger partial charge is 0.336 e. The van der Waals surface area contributed by atoms with Crippen LogP contribution in [0.3, 0.4) is 0 Å². The molecule has 1 aromatic carbocycles. The molecule has 1 amide bonds. The molecule has 0 aliphatic rings. The molecule has 3 aromatic rings. The Morgan fingerprint density at radius 1 is 1.25 bits per heavy atom. The first-order valence-electron chi connectivity index (χ1n) is 9.10. The number of fused-ring (bicyclic) bond motifs is 1. The lowest BCUT2D eigenvalue weighted by molar-refractivity contribution is -0.137. The van der Waals surface area contributed by atoms with E-state index in [1.807, 2.05) is 42.8 Å². The summed E-state index contributed by atoms with van der Waals surface area (Å²) in [5, 5.41) is 0. The number of imidazole rings is 1. The van der Waals surface area contributed by atoms with Crippen LogP contribution in [0, 0.1) is 6.92 Å². The standard InChI is InChI=1S/C21H22F3N3O/c1-4-27(15(3)16-8-5-9-17(11-16)21(22,23)24)19(28)12-18-13-26-10-6-7-14(2)20(26)25-18/h5-11,13,15H,4,12H2,1-3H3. The van der Waals surface area contributed by atoms with Crippen LogP contribution in [0.15, 0.2) is 48.8 Å². The van der Waals surface area contributed by atoms with Crippen LogP contribution in [0.2, 0.25) is 0 Å². The van der Waals surface area contributed by atoms with Crippen LogP contribution in [-0.2, 0) is 17.4 Å². The molecule has 0 spiro atoms. The highest BCUT2D eigenvalue weighted by Gasteiger charge is 2.31. The number of likely N-dealkylation sites (N-methyl/N-ethyl adjacent to an activating group) is 1. The van der Waals surface area contributed by atoms with Crippen LogP contribution in [0.4, 0.5) is 13.2 Å². The number of aromatic nitrogens is 2. The molecule has 2 aromatic heterocycles. The maximum atomic E-state index is 13.0. The number of hydrogen-bond donors (Lipinski definition) is 0. The predicted molar refractivity (Wildman–Crippen MR) is 101 cm³/mol. The van der Waals surface area contributed by atoms with Gasteiger partial charge in [0.15, 0.2) is 0 Å². The molecular formula is C21H22F3N3O. The van der Waals surface area contributed by atoms with Gasteiger partial charge in [-0.15, -0.1) is 0 Å². The SMILES string of the molecule is CCN(C(=O)Cc1cn2cccc(C)c2n1)C(C)c1cccc(C(F)(F)F)c1. The van der Waals surface area contributed by atoms with Gasteiger partial charge in [-0.3, -0.25) is 4.79 Å². The van der Waals surface area contributed by atoms with Crippen LogP contribution in [0.5, 0.6) is 0 Å². The highest BCUT2D eigenvalue weighted by atomic mass is 19.4. The number of hydrogen-bond acceptors (Lipinski definition) is 2. The van der Waals surface area contributed by atoms with Crippen LogP contribution in [0.25, 0.3) is 5.65 Å². The van der Waals surface area contributed by atoms with Gasteiger partial charge in [-0.05, 0) is 50.1 Å². The number of rotatable bonds is 5. The van der Waals surface area contributed by atoms with Crippen molar-refractivity contribution in [2.24, 2.45) is 0 Å². The Morgan fingerprint density at radius 2 is 2.00 bits per heavy atom. The molecule has 7 heteroatoms. The molecule has 2 heterocycles. The largest absolute Gasteiger partial charge is 0.416 e. The first kappa shape index (κ1) is 19.9. The van der Waals surface area contributed by atoms with Crippen molar-refractivity contribution in [3.63, 3.8) is 0 Å². The van der Waals surface area contributed by atoms with E-state index in [-0.39, 0.29) is 12.3 Å². The van der Waals surface area contributed by atoms with Gasteiger partial charge in [0.05, 0.1) is 23.7 Å². The molecule has 0 N–H and O–H groups in total. The molecule has 1 unspecified atom stereocenters. The summed E-state index contributed by atoms with van der Waals surface area (Å²) >= 11 is 0. The third-order valence-electron chi connectivity index (χ3n) is 4.89. The topological polar surface area (TPSA) is 37.6 Å². The third-order valence-corrected chi connectivity index (χ3v) is 4.89. The van der Waals surface area contributed by atoms with Gasteiger partial charge >= 0.3 is 6.18 Å². The van der Waals surface area contributed by atoms with E-state index < -0.39 is 17.8 Å². The van der Waals surface area contributed by atoms with Gasteiger partial charge < -0.3 is 9.30 Å². The van der Waals surface area contributed by atoms with Gasteiger partial charge in [-0.25, -0.2) is 4.98 Å². The summed E-state index contributed by atoms with van der Waals surface area (Å²) in [6.07, 6.45) is -0.640. The summed E-state index contributed by atoms with van der Waals surface area (Å²) in [6, 6.07) is 8.51. The number of amides is 1. The molecule has 0 saturated heterocycles. The molecule has 1 atom stereocenters. The first-order valence-corrected chi connectivity index (χ1v) is 9.10. The zero-order valence-corrected chi connectivity index (χ0v) is 16.0. The Kier molecular flexibility index (Phi) is 5.45. The van der Waals surface area contributed by atoms with Crippen LogP contribution < -0.4 is 0 Å². The van der Waals surface area contributed by atoms with Gasteiger partial charge in [0.25, 0.3) is 0 Å². The van der Waals surface area contributed by atoms with Crippen molar-refractivity contribution in [3.05, 3.63) is 71.2 Å². The van der Waals surface area contributed by atoms with Gasteiger partial charge in [0.2, 0.25) is 5.91 Å². The van der Waals surface area contributed by atoms with Crippen molar-refractivity contribution >= 4 is 11.6 Å². The van der Waals surface area contributed by atoms with E-state index in [1.54, 1.807) is 17.9 Å². The fourth-order valence-electron chi connectivity index (χ4n) is 3.37. The Hall–Kier alpha value is -2.83. The molecule has 4 nitrogen and oxygen atoms in total. The van der Waals surface area contributed by atoms with Crippen molar-refractivity contribution in [3.8, 4) is 0 Å². The monoisotopic (exact) mass is 389 g/mol. The first-order chi connectivity index (χ1) is 13.2. The third kappa shape index (κ3) is 4.03. The predicted octanol–water partition coefficient (Wildman–Crippen LogP) is 4.81. The van der Waals surface area contributed by atoms with E-state index >= 15 is 0 Å². The van der Waals surface area contributed by atoms with Crippen molar-refractivity contribution in [2.45, 2.75) is 39.4 Å². The van der Waals surface area contributed by atoms with Crippen LogP contribution in [-0.4, -0.2) is 26.7 Å². The average molecular weight is 389 g/mol. The lowest BCUT2D eigenvalue weighted by Crippen LogP contribution is -2.34. The second-order valence-corrected chi connectivity index (χ2v) is 6.81. The number of aryl methyl sites for hydroxylation is 1. The number of nitrogens with zero attached hydrogens (tertiary/aromatic N) is 3. The van der Waals surface area contributed by atoms with Crippen molar-refractivity contribution in [2.75, 3.05) is 6.54 Å².